The van der Waals surface area contributed by atoms with Crippen LogP contribution in [0.25, 0.3) is 0 Å². The first-order valence-corrected chi connectivity index (χ1v) is 2.73. The Morgan fingerprint density at radius 3 is 1.88 bits per heavy atom. The fourth-order valence-corrected chi connectivity index (χ4v) is 0.553. The molecule has 0 spiro atoms. The van der Waals surface area contributed by atoms with Gasteiger partial charge in [0.2, 0.25) is 0 Å². The average Bonchev–Trinajstić information content (AvgIpc) is 1.23. The molecular formula is C6H11OY-. The van der Waals surface area contributed by atoms with Gasteiger partial charge >= 0.3 is 0 Å². The normalized spacial score (nSPS) is 19.9. The molecule has 1 nitrogen and oxygen atoms in total. The molecule has 1 aliphatic rings. The van der Waals surface area contributed by atoms with Gasteiger partial charge in [0, 0.05) is 32.7 Å². The summed E-state index contributed by atoms with van der Waals surface area (Å²) >= 11 is 0. The van der Waals surface area contributed by atoms with Crippen molar-refractivity contribution < 1.29 is 37.4 Å². The minimum Gasteiger partial charge on any atom is -0.444 e. The van der Waals surface area contributed by atoms with Crippen LogP contribution in [-0.4, -0.2) is 13.2 Å². The van der Waals surface area contributed by atoms with Gasteiger partial charge in [-0.25, -0.2) is 0 Å². The van der Waals surface area contributed by atoms with E-state index in [4.69, 9.17) is 4.74 Å². The van der Waals surface area contributed by atoms with Gasteiger partial charge in [-0.15, -0.1) is 0 Å². The van der Waals surface area contributed by atoms with Crippen LogP contribution in [0.3, 0.4) is 0 Å². The molecule has 0 unspecified atom stereocenters. The SMILES string of the molecule is CC(C)[C-]1COC1.[Y]. The maximum Gasteiger partial charge on any atom is 0 e. The molecule has 0 saturated carbocycles. The molecule has 0 N–H and O–H groups in total. The van der Waals surface area contributed by atoms with Crippen LogP contribution in [0, 0.1) is 11.8 Å². The standard InChI is InChI=1S/C6H11O.Y/c1-5(2)6-3-7-4-6;/h5H,3-4H2,1-2H3;/q-1;. The van der Waals surface area contributed by atoms with Crippen molar-refractivity contribution in [1.29, 1.82) is 0 Å². The van der Waals surface area contributed by atoms with E-state index in [-0.39, 0.29) is 32.7 Å². The van der Waals surface area contributed by atoms with E-state index in [1.165, 1.54) is 0 Å². The predicted molar refractivity (Wildman–Crippen MR) is 28.9 cm³/mol. The zero-order chi connectivity index (χ0) is 5.28. The van der Waals surface area contributed by atoms with Crippen molar-refractivity contribution in [2.24, 2.45) is 5.92 Å². The van der Waals surface area contributed by atoms with E-state index in [0.29, 0.717) is 0 Å². The van der Waals surface area contributed by atoms with Crippen LogP contribution in [0.1, 0.15) is 13.8 Å². The Bertz CT molecular complexity index is 59.5. The van der Waals surface area contributed by atoms with E-state index in [1.54, 1.807) is 5.92 Å². The molecule has 2 heteroatoms. The maximum atomic E-state index is 4.96. The Kier molecular flexibility index (Phi) is 4.50. The molecule has 0 aromatic heterocycles. The summed E-state index contributed by atoms with van der Waals surface area (Å²) in [7, 11) is 0. The van der Waals surface area contributed by atoms with Crippen LogP contribution >= 0.6 is 0 Å². The van der Waals surface area contributed by atoms with Gasteiger partial charge in [0.1, 0.15) is 0 Å². The van der Waals surface area contributed by atoms with E-state index in [0.717, 1.165) is 19.1 Å². The minimum absolute atomic E-state index is 0. The molecule has 0 bridgehead atoms. The molecule has 1 aliphatic heterocycles. The summed E-state index contributed by atoms with van der Waals surface area (Å²) in [5, 5.41) is 0. The molecule has 0 aliphatic carbocycles. The van der Waals surface area contributed by atoms with Crippen LogP contribution in [0.4, 0.5) is 0 Å². The summed E-state index contributed by atoms with van der Waals surface area (Å²) in [5.74, 6) is 2.30. The van der Waals surface area contributed by atoms with Crippen molar-refractivity contribution in [3.05, 3.63) is 5.92 Å². The molecule has 0 amide bonds. The molecule has 0 aromatic carbocycles. The topological polar surface area (TPSA) is 9.23 Å². The van der Waals surface area contributed by atoms with E-state index >= 15 is 0 Å². The Hall–Kier alpha value is 1.06. The zero-order valence-electron chi connectivity index (χ0n) is 5.48. The van der Waals surface area contributed by atoms with E-state index < -0.39 is 0 Å². The number of ether oxygens (including phenoxy) is 1. The third-order valence-corrected chi connectivity index (χ3v) is 1.39. The smallest absolute Gasteiger partial charge is 0 e. The third-order valence-electron chi connectivity index (χ3n) is 1.39. The molecule has 1 heterocycles. The fraction of sp³-hybridized carbons (Fsp3) is 0.833. The van der Waals surface area contributed by atoms with E-state index in [9.17, 15) is 0 Å². The first-order valence-electron chi connectivity index (χ1n) is 2.73. The molecule has 0 aromatic rings. The summed E-state index contributed by atoms with van der Waals surface area (Å²) in [6.07, 6.45) is 0. The fourth-order valence-electron chi connectivity index (χ4n) is 0.553. The number of hydrogen-bond donors (Lipinski definition) is 0. The van der Waals surface area contributed by atoms with Crippen molar-refractivity contribution in [3.63, 3.8) is 0 Å². The van der Waals surface area contributed by atoms with Gasteiger partial charge in [0.25, 0.3) is 0 Å². The van der Waals surface area contributed by atoms with Gasteiger partial charge in [-0.3, -0.25) is 5.92 Å². The Morgan fingerprint density at radius 1 is 1.38 bits per heavy atom. The quantitative estimate of drug-likeness (QED) is 0.562. The van der Waals surface area contributed by atoms with Gasteiger partial charge in [0.05, 0.1) is 0 Å². The Balaban J connectivity index is 0.000000490. The average molecular weight is 188 g/mol. The molecule has 1 saturated heterocycles. The van der Waals surface area contributed by atoms with E-state index in [1.807, 2.05) is 0 Å². The van der Waals surface area contributed by atoms with Crippen molar-refractivity contribution in [1.82, 2.24) is 0 Å². The van der Waals surface area contributed by atoms with Crippen molar-refractivity contribution in [3.8, 4) is 0 Å². The second kappa shape index (κ2) is 3.97. The minimum atomic E-state index is 0. The third kappa shape index (κ3) is 2.12. The van der Waals surface area contributed by atoms with Crippen LogP contribution in [-0.2, 0) is 37.4 Å². The zero-order valence-corrected chi connectivity index (χ0v) is 8.32. The molecule has 0 atom stereocenters. The number of rotatable bonds is 1. The monoisotopic (exact) mass is 188 g/mol. The van der Waals surface area contributed by atoms with Gasteiger partial charge in [0.15, 0.2) is 0 Å². The maximum absolute atomic E-state index is 4.96. The molecule has 45 valence electrons. The van der Waals surface area contributed by atoms with Gasteiger partial charge < -0.3 is 4.74 Å². The van der Waals surface area contributed by atoms with Crippen molar-refractivity contribution in [2.45, 2.75) is 13.8 Å². The van der Waals surface area contributed by atoms with Crippen LogP contribution in [0.5, 0.6) is 0 Å². The van der Waals surface area contributed by atoms with Crippen molar-refractivity contribution >= 4 is 0 Å². The van der Waals surface area contributed by atoms with Gasteiger partial charge in [-0.05, 0) is 0 Å². The summed E-state index contributed by atoms with van der Waals surface area (Å²) in [6.45, 7) is 6.24. The van der Waals surface area contributed by atoms with Crippen LogP contribution in [0.2, 0.25) is 0 Å². The van der Waals surface area contributed by atoms with Crippen molar-refractivity contribution in [2.75, 3.05) is 13.2 Å². The molecule has 8 heavy (non-hydrogen) atoms. The first kappa shape index (κ1) is 9.06. The predicted octanol–water partition coefficient (Wildman–Crippen LogP) is 1.24. The summed E-state index contributed by atoms with van der Waals surface area (Å²) in [5.41, 5.74) is 0. The largest absolute Gasteiger partial charge is 0.444 e. The van der Waals surface area contributed by atoms with Crippen LogP contribution in [0.15, 0.2) is 0 Å². The van der Waals surface area contributed by atoms with Crippen LogP contribution < -0.4 is 0 Å². The first-order chi connectivity index (χ1) is 3.30. The Labute approximate surface area is 76.1 Å². The summed E-state index contributed by atoms with van der Waals surface area (Å²) < 4.78 is 4.96. The Morgan fingerprint density at radius 2 is 1.88 bits per heavy atom. The second-order valence-electron chi connectivity index (χ2n) is 2.31. The molecule has 1 rings (SSSR count). The summed E-state index contributed by atoms with van der Waals surface area (Å²) in [4.78, 5) is 0. The van der Waals surface area contributed by atoms with Gasteiger partial charge in [-0.1, -0.05) is 27.1 Å². The van der Waals surface area contributed by atoms with Gasteiger partial charge in [-0.2, -0.15) is 5.92 Å². The molecule has 1 radical (unpaired) electrons. The van der Waals surface area contributed by atoms with E-state index in [2.05, 4.69) is 13.8 Å². The summed E-state index contributed by atoms with van der Waals surface area (Å²) in [6, 6.07) is 0. The second-order valence-corrected chi connectivity index (χ2v) is 2.31. The molecular weight excluding hydrogens is 177 g/mol. The number of hydrogen-bond acceptors (Lipinski definition) is 1. The molecule has 1 fully saturated rings.